The fraction of sp³-hybridized carbons (Fsp3) is 0.333. The molecule has 61 heavy (non-hydrogen) atoms. The number of carbonyl (C=O) groups excluding carboxylic acids is 2. The van der Waals surface area contributed by atoms with Gasteiger partial charge in [0.15, 0.2) is 23.0 Å². The van der Waals surface area contributed by atoms with Gasteiger partial charge in [0.2, 0.25) is 0 Å². The lowest BCUT2D eigenvalue weighted by Crippen LogP contribution is -2.39. The zero-order chi connectivity index (χ0) is 42.4. The van der Waals surface area contributed by atoms with Crippen LogP contribution in [0.3, 0.4) is 0 Å². The van der Waals surface area contributed by atoms with Gasteiger partial charge >= 0.3 is 0 Å². The van der Waals surface area contributed by atoms with Crippen LogP contribution in [0, 0.1) is 0 Å². The van der Waals surface area contributed by atoms with Crippen molar-refractivity contribution in [1.29, 1.82) is 0 Å². The standard InChI is InChI=1S/C48H51N5O6S2/c1-48(2,61-60-6)28-51(3)33-16-29(26-58-44-22-38-36(20-42(44)56-4)46(54)52-34(24-49-38)18-31-11-7-9-13-40(31)52)15-30(17-33)27-59-45-23-39-37(21-43(45)57-5)47(55)53-35(25-50-39)19-32-12-8-10-14-41(32)53/h7-17,20-23,34-35,49-50H,18-19,24-28H2,1-6H3/t34-,35-/m0/s1. The van der Waals surface area contributed by atoms with Gasteiger partial charge in [-0.05, 0) is 97.7 Å². The van der Waals surface area contributed by atoms with E-state index in [1.807, 2.05) is 69.1 Å². The minimum Gasteiger partial charge on any atom is -0.493 e. The van der Waals surface area contributed by atoms with Crippen LogP contribution in [0.1, 0.15) is 56.8 Å². The maximum absolute atomic E-state index is 14.0. The van der Waals surface area contributed by atoms with Crippen LogP contribution in [0.5, 0.6) is 23.0 Å². The molecule has 5 aromatic rings. The summed E-state index contributed by atoms with van der Waals surface area (Å²) in [6.07, 6.45) is 3.71. The van der Waals surface area contributed by atoms with Crippen molar-refractivity contribution in [2.75, 3.05) is 72.5 Å². The molecule has 13 heteroatoms. The van der Waals surface area contributed by atoms with Gasteiger partial charge in [0.25, 0.3) is 11.8 Å². The smallest absolute Gasteiger partial charge is 0.260 e. The van der Waals surface area contributed by atoms with E-state index >= 15 is 0 Å². The Morgan fingerprint density at radius 2 is 1.16 bits per heavy atom. The molecule has 0 unspecified atom stereocenters. The third-order valence-electron chi connectivity index (χ3n) is 11.9. The Bertz CT molecular complexity index is 2360. The van der Waals surface area contributed by atoms with Crippen molar-refractivity contribution in [3.63, 3.8) is 0 Å². The molecule has 0 bridgehead atoms. The minimum absolute atomic E-state index is 0.00902. The lowest BCUT2D eigenvalue weighted by atomic mass is 10.1. The summed E-state index contributed by atoms with van der Waals surface area (Å²) < 4.78 is 24.8. The van der Waals surface area contributed by atoms with Crippen molar-refractivity contribution in [2.24, 2.45) is 0 Å². The summed E-state index contributed by atoms with van der Waals surface area (Å²) in [5.41, 5.74) is 9.75. The van der Waals surface area contributed by atoms with E-state index in [0.29, 0.717) is 47.2 Å². The number of nitrogens with one attached hydrogen (secondary N) is 2. The van der Waals surface area contributed by atoms with E-state index in [2.05, 4.69) is 73.0 Å². The maximum atomic E-state index is 14.0. The second kappa shape index (κ2) is 16.7. The third kappa shape index (κ3) is 7.89. The van der Waals surface area contributed by atoms with E-state index in [1.54, 1.807) is 37.1 Å². The Labute approximate surface area is 365 Å². The van der Waals surface area contributed by atoms with Gasteiger partial charge in [0, 0.05) is 60.6 Å². The maximum Gasteiger partial charge on any atom is 0.260 e. The SMILES string of the molecule is COc1cc2c(cc1OCc1cc(COc3cc4c(cc3OC)C(=O)N3c5ccccc5C[C@H]3CN4)cc(N(C)CC(C)(C)SSC)c1)NC[C@@H]1Cc3ccccc3N1C2=O. The number of rotatable bonds is 13. The van der Waals surface area contributed by atoms with Crippen molar-refractivity contribution in [2.45, 2.75) is 56.7 Å². The van der Waals surface area contributed by atoms with Crippen LogP contribution in [-0.2, 0) is 26.1 Å². The molecule has 2 amide bonds. The van der Waals surface area contributed by atoms with E-state index in [-0.39, 0.29) is 41.9 Å². The van der Waals surface area contributed by atoms with Gasteiger partial charge in [-0.1, -0.05) is 58.0 Å². The normalized spacial score (nSPS) is 17.3. The molecule has 0 fully saturated rings. The number of fused-ring (bicyclic) bond motifs is 8. The molecular weight excluding hydrogens is 807 g/mol. The second-order valence-corrected chi connectivity index (χ2v) is 19.7. The first-order valence-electron chi connectivity index (χ1n) is 20.6. The largest absolute Gasteiger partial charge is 0.493 e. The Morgan fingerprint density at radius 1 is 0.689 bits per heavy atom. The number of para-hydroxylation sites is 2. The number of benzene rings is 5. The highest BCUT2D eigenvalue weighted by molar-refractivity contribution is 8.77. The Kier molecular flexibility index (Phi) is 11.1. The van der Waals surface area contributed by atoms with E-state index in [9.17, 15) is 9.59 Å². The topological polar surface area (TPSA) is 105 Å². The summed E-state index contributed by atoms with van der Waals surface area (Å²) >= 11 is 0. The highest BCUT2D eigenvalue weighted by Gasteiger charge is 2.39. The summed E-state index contributed by atoms with van der Waals surface area (Å²) in [5.74, 6) is 1.95. The molecule has 4 aliphatic heterocycles. The zero-order valence-electron chi connectivity index (χ0n) is 35.4. The van der Waals surface area contributed by atoms with Crippen LogP contribution in [0.25, 0.3) is 0 Å². The first-order valence-corrected chi connectivity index (χ1v) is 23.2. The van der Waals surface area contributed by atoms with Crippen molar-refractivity contribution in [3.05, 3.63) is 124 Å². The van der Waals surface area contributed by atoms with Crippen molar-refractivity contribution in [3.8, 4) is 23.0 Å². The van der Waals surface area contributed by atoms with Crippen molar-refractivity contribution in [1.82, 2.24) is 0 Å². The lowest BCUT2D eigenvalue weighted by Gasteiger charge is -2.31. The zero-order valence-corrected chi connectivity index (χ0v) is 37.0. The average molecular weight is 858 g/mol. The Morgan fingerprint density at radius 3 is 1.62 bits per heavy atom. The van der Waals surface area contributed by atoms with Crippen LogP contribution in [0.15, 0.2) is 91.0 Å². The molecule has 2 atom stereocenters. The van der Waals surface area contributed by atoms with Crippen LogP contribution < -0.4 is 44.3 Å². The van der Waals surface area contributed by atoms with Crippen molar-refractivity contribution >= 4 is 61.8 Å². The average Bonchev–Trinajstić information content (AvgIpc) is 3.75. The van der Waals surface area contributed by atoms with E-state index in [1.165, 1.54) is 11.1 Å². The van der Waals surface area contributed by atoms with Gasteiger partial charge in [0.05, 0.1) is 48.8 Å². The van der Waals surface area contributed by atoms with Crippen LogP contribution in [0.2, 0.25) is 0 Å². The molecule has 0 aliphatic carbocycles. The number of hydrogen-bond donors (Lipinski definition) is 2. The number of nitrogens with zero attached hydrogens (tertiary/aromatic N) is 3. The Hall–Kier alpha value is -5.66. The second-order valence-electron chi connectivity index (χ2n) is 16.6. The predicted molar refractivity (Wildman–Crippen MR) is 248 cm³/mol. The van der Waals surface area contributed by atoms with Gasteiger partial charge in [-0.25, -0.2) is 0 Å². The van der Waals surface area contributed by atoms with Gasteiger partial charge in [-0.15, -0.1) is 0 Å². The number of carbonyl (C=O) groups is 2. The van der Waals surface area contributed by atoms with Gasteiger partial charge in [-0.2, -0.15) is 0 Å². The van der Waals surface area contributed by atoms with Gasteiger partial charge < -0.3 is 44.3 Å². The fourth-order valence-corrected chi connectivity index (χ4v) is 11.4. The minimum atomic E-state index is -0.0534. The number of ether oxygens (including phenoxy) is 4. The molecule has 5 aromatic carbocycles. The monoisotopic (exact) mass is 857 g/mol. The lowest BCUT2D eigenvalue weighted by molar-refractivity contribution is 0.0975. The summed E-state index contributed by atoms with van der Waals surface area (Å²) in [5, 5.41) is 7.07. The van der Waals surface area contributed by atoms with Gasteiger partial charge in [0.1, 0.15) is 13.2 Å². The Balaban J connectivity index is 0.978. The van der Waals surface area contributed by atoms with E-state index in [0.717, 1.165) is 59.0 Å². The summed E-state index contributed by atoms with van der Waals surface area (Å²) in [6, 6.07) is 30.0. The molecule has 0 spiro atoms. The number of anilines is 5. The molecule has 4 heterocycles. The molecular formula is C48H51N5O6S2. The summed E-state index contributed by atoms with van der Waals surface area (Å²) in [6.45, 7) is 7.05. The molecule has 9 rings (SSSR count). The number of hydrogen-bond acceptors (Lipinski definition) is 11. The first-order chi connectivity index (χ1) is 29.5. The molecule has 0 radical (unpaired) electrons. The van der Waals surface area contributed by atoms with Crippen LogP contribution >= 0.6 is 21.6 Å². The highest BCUT2D eigenvalue weighted by atomic mass is 33.1. The van der Waals surface area contributed by atoms with Crippen LogP contribution in [0.4, 0.5) is 28.4 Å². The predicted octanol–water partition coefficient (Wildman–Crippen LogP) is 9.08. The molecule has 0 saturated heterocycles. The molecule has 0 saturated carbocycles. The quantitative estimate of drug-likeness (QED) is 0.111. The molecule has 4 aliphatic rings. The van der Waals surface area contributed by atoms with Gasteiger partial charge in [-0.3, -0.25) is 9.59 Å². The molecule has 11 nitrogen and oxygen atoms in total. The van der Waals surface area contributed by atoms with Crippen molar-refractivity contribution < 1.29 is 28.5 Å². The summed E-state index contributed by atoms with van der Waals surface area (Å²) in [4.78, 5) is 34.2. The molecule has 0 aromatic heterocycles. The van der Waals surface area contributed by atoms with E-state index in [4.69, 9.17) is 18.9 Å². The molecule has 316 valence electrons. The third-order valence-corrected chi connectivity index (χ3v) is 14.5. The summed E-state index contributed by atoms with van der Waals surface area (Å²) in [7, 11) is 8.92. The highest BCUT2D eigenvalue weighted by Crippen LogP contribution is 2.43. The van der Waals surface area contributed by atoms with E-state index < -0.39 is 0 Å². The fourth-order valence-electron chi connectivity index (χ4n) is 9.19. The van der Waals surface area contributed by atoms with Crippen LogP contribution in [-0.4, -0.2) is 75.8 Å². The first kappa shape index (κ1) is 40.7. The molecule has 2 N–H and O–H groups in total. The number of amides is 2. The number of methoxy groups -OCH3 is 2.